The molecular formula is C20H24N2O2. The molecule has 0 unspecified atom stereocenters. The number of likely N-dealkylation sites (tertiary alicyclic amines) is 1. The van der Waals surface area contributed by atoms with Crippen LogP contribution in [-0.2, 0) is 16.0 Å². The normalized spacial score (nSPS) is 17.7. The molecule has 0 spiro atoms. The number of rotatable bonds is 5. The minimum atomic E-state index is 0.0719. The molecule has 0 N–H and O–H groups in total. The van der Waals surface area contributed by atoms with Crippen molar-refractivity contribution in [2.45, 2.75) is 25.2 Å². The summed E-state index contributed by atoms with van der Waals surface area (Å²) in [6.45, 7) is 1.72. The van der Waals surface area contributed by atoms with Crippen molar-refractivity contribution in [2.75, 3.05) is 26.8 Å². The van der Waals surface area contributed by atoms with Crippen LogP contribution in [0.15, 0.2) is 48.5 Å². The third-order valence-corrected chi connectivity index (χ3v) is 4.52. The fourth-order valence-corrected chi connectivity index (χ4v) is 3.29. The summed E-state index contributed by atoms with van der Waals surface area (Å²) in [5, 5.41) is 0. The molecule has 0 bridgehead atoms. The predicted octanol–water partition coefficient (Wildman–Crippen LogP) is 3.02. The number of amides is 1. The van der Waals surface area contributed by atoms with E-state index in [1.165, 1.54) is 5.56 Å². The molecule has 1 amide bonds. The molecule has 1 aliphatic rings. The van der Waals surface area contributed by atoms with Crippen LogP contribution in [0.1, 0.15) is 35.7 Å². The van der Waals surface area contributed by atoms with E-state index in [0.29, 0.717) is 5.92 Å². The van der Waals surface area contributed by atoms with Gasteiger partial charge in [-0.15, -0.1) is 0 Å². The first kappa shape index (κ1) is 16.7. The highest BCUT2D eigenvalue weighted by Crippen LogP contribution is 2.26. The summed E-state index contributed by atoms with van der Waals surface area (Å²) in [4.78, 5) is 18.8. The maximum absolute atomic E-state index is 12.1. The van der Waals surface area contributed by atoms with Crippen molar-refractivity contribution in [3.05, 3.63) is 65.5 Å². The Hall–Kier alpha value is -2.20. The van der Waals surface area contributed by atoms with Crippen LogP contribution in [0.4, 0.5) is 0 Å². The Balaban J connectivity index is 1.70. The molecule has 4 nitrogen and oxygen atoms in total. The van der Waals surface area contributed by atoms with Gasteiger partial charge in [0.1, 0.15) is 6.61 Å². The third-order valence-electron chi connectivity index (χ3n) is 4.52. The lowest BCUT2D eigenvalue weighted by molar-refractivity contribution is -0.136. The van der Waals surface area contributed by atoms with Crippen molar-refractivity contribution < 1.29 is 9.53 Å². The van der Waals surface area contributed by atoms with Gasteiger partial charge in [0.2, 0.25) is 5.91 Å². The van der Waals surface area contributed by atoms with Gasteiger partial charge in [0.05, 0.1) is 0 Å². The van der Waals surface area contributed by atoms with Gasteiger partial charge in [0.25, 0.3) is 0 Å². The van der Waals surface area contributed by atoms with Crippen molar-refractivity contribution in [3.63, 3.8) is 0 Å². The average molecular weight is 324 g/mol. The van der Waals surface area contributed by atoms with E-state index in [2.05, 4.69) is 42.5 Å². The van der Waals surface area contributed by atoms with Crippen LogP contribution in [0.3, 0.4) is 0 Å². The Morgan fingerprint density at radius 3 is 2.83 bits per heavy atom. The van der Waals surface area contributed by atoms with Crippen molar-refractivity contribution in [1.82, 2.24) is 9.88 Å². The standard InChI is InChI=1S/C20H24N2O2/c1-24-15-20(23)22-12-6-9-17(14-22)19-11-5-10-18(21-19)13-16-7-3-2-4-8-16/h2-5,7-8,10-11,17H,6,9,12-15H2,1H3/t17-/m0/s1. The summed E-state index contributed by atoms with van der Waals surface area (Å²) >= 11 is 0. The van der Waals surface area contributed by atoms with Gasteiger partial charge in [-0.05, 0) is 30.5 Å². The van der Waals surface area contributed by atoms with E-state index in [-0.39, 0.29) is 12.5 Å². The Morgan fingerprint density at radius 2 is 2.04 bits per heavy atom. The lowest BCUT2D eigenvalue weighted by atomic mass is 9.94. The number of carbonyl (C=O) groups is 1. The van der Waals surface area contributed by atoms with E-state index in [9.17, 15) is 4.79 Å². The monoisotopic (exact) mass is 324 g/mol. The topological polar surface area (TPSA) is 42.4 Å². The molecule has 2 heterocycles. The van der Waals surface area contributed by atoms with Gasteiger partial charge >= 0.3 is 0 Å². The highest BCUT2D eigenvalue weighted by Gasteiger charge is 2.25. The van der Waals surface area contributed by atoms with E-state index in [1.54, 1.807) is 7.11 Å². The molecule has 1 aliphatic heterocycles. The highest BCUT2D eigenvalue weighted by atomic mass is 16.5. The number of methoxy groups -OCH3 is 1. The molecular weight excluding hydrogens is 300 g/mol. The van der Waals surface area contributed by atoms with Crippen LogP contribution in [0.25, 0.3) is 0 Å². The quantitative estimate of drug-likeness (QED) is 0.849. The number of carbonyl (C=O) groups excluding carboxylic acids is 1. The lowest BCUT2D eigenvalue weighted by Crippen LogP contribution is -2.41. The Bertz CT molecular complexity index is 672. The zero-order valence-electron chi connectivity index (χ0n) is 14.1. The van der Waals surface area contributed by atoms with Gasteiger partial charge in [-0.1, -0.05) is 36.4 Å². The highest BCUT2D eigenvalue weighted by molar-refractivity contribution is 5.77. The zero-order chi connectivity index (χ0) is 16.8. The number of hydrogen-bond donors (Lipinski definition) is 0. The lowest BCUT2D eigenvalue weighted by Gasteiger charge is -2.32. The first-order chi connectivity index (χ1) is 11.8. The average Bonchev–Trinajstić information content (AvgIpc) is 2.63. The van der Waals surface area contributed by atoms with Crippen molar-refractivity contribution in [2.24, 2.45) is 0 Å². The first-order valence-corrected chi connectivity index (χ1v) is 8.52. The number of piperidine rings is 1. The fraction of sp³-hybridized carbons (Fsp3) is 0.400. The smallest absolute Gasteiger partial charge is 0.248 e. The molecule has 0 aliphatic carbocycles. The van der Waals surface area contributed by atoms with E-state index in [0.717, 1.165) is 43.7 Å². The first-order valence-electron chi connectivity index (χ1n) is 8.52. The number of nitrogens with zero attached hydrogens (tertiary/aromatic N) is 2. The van der Waals surface area contributed by atoms with Crippen LogP contribution >= 0.6 is 0 Å². The van der Waals surface area contributed by atoms with Gasteiger partial charge in [-0.2, -0.15) is 0 Å². The summed E-state index contributed by atoms with van der Waals surface area (Å²) in [5.41, 5.74) is 3.44. The minimum Gasteiger partial charge on any atom is -0.375 e. The second kappa shape index (κ2) is 8.06. The molecule has 126 valence electrons. The summed E-state index contributed by atoms with van der Waals surface area (Å²) < 4.78 is 4.98. The molecule has 1 aromatic carbocycles. The Morgan fingerprint density at radius 1 is 1.21 bits per heavy atom. The molecule has 3 rings (SSSR count). The molecule has 24 heavy (non-hydrogen) atoms. The molecule has 1 atom stereocenters. The predicted molar refractivity (Wildman–Crippen MR) is 93.9 cm³/mol. The second-order valence-electron chi connectivity index (χ2n) is 6.33. The molecule has 2 aromatic rings. The van der Waals surface area contributed by atoms with Crippen molar-refractivity contribution >= 4 is 5.91 Å². The molecule has 0 saturated carbocycles. The summed E-state index contributed by atoms with van der Waals surface area (Å²) in [7, 11) is 1.56. The van der Waals surface area contributed by atoms with Crippen LogP contribution < -0.4 is 0 Å². The van der Waals surface area contributed by atoms with E-state index in [1.807, 2.05) is 11.0 Å². The summed E-state index contributed by atoms with van der Waals surface area (Å²) in [6.07, 6.45) is 2.94. The van der Waals surface area contributed by atoms with Crippen LogP contribution in [-0.4, -0.2) is 42.6 Å². The van der Waals surface area contributed by atoms with Gasteiger partial charge in [-0.3, -0.25) is 9.78 Å². The van der Waals surface area contributed by atoms with Gasteiger partial charge < -0.3 is 9.64 Å². The molecule has 1 fully saturated rings. The zero-order valence-corrected chi connectivity index (χ0v) is 14.1. The van der Waals surface area contributed by atoms with E-state index >= 15 is 0 Å². The summed E-state index contributed by atoms with van der Waals surface area (Å²) in [6, 6.07) is 16.6. The van der Waals surface area contributed by atoms with Gasteiger partial charge in [0, 0.05) is 43.9 Å². The molecule has 1 saturated heterocycles. The summed E-state index contributed by atoms with van der Waals surface area (Å²) in [5.74, 6) is 0.387. The van der Waals surface area contributed by atoms with Crippen LogP contribution in [0, 0.1) is 0 Å². The van der Waals surface area contributed by atoms with Crippen LogP contribution in [0.2, 0.25) is 0 Å². The second-order valence-corrected chi connectivity index (χ2v) is 6.33. The van der Waals surface area contributed by atoms with E-state index in [4.69, 9.17) is 9.72 Å². The van der Waals surface area contributed by atoms with Crippen molar-refractivity contribution in [1.29, 1.82) is 0 Å². The number of aromatic nitrogens is 1. The maximum atomic E-state index is 12.1. The fourth-order valence-electron chi connectivity index (χ4n) is 3.29. The molecule has 4 heteroatoms. The number of benzene rings is 1. The van der Waals surface area contributed by atoms with Crippen LogP contribution in [0.5, 0.6) is 0 Å². The number of ether oxygens (including phenoxy) is 1. The van der Waals surface area contributed by atoms with Gasteiger partial charge in [0.15, 0.2) is 0 Å². The van der Waals surface area contributed by atoms with Crippen molar-refractivity contribution in [3.8, 4) is 0 Å². The van der Waals surface area contributed by atoms with E-state index < -0.39 is 0 Å². The van der Waals surface area contributed by atoms with Gasteiger partial charge in [-0.25, -0.2) is 0 Å². The minimum absolute atomic E-state index is 0.0719. The molecule has 0 radical (unpaired) electrons. The Kier molecular flexibility index (Phi) is 5.59. The number of hydrogen-bond acceptors (Lipinski definition) is 3. The third kappa shape index (κ3) is 4.20. The maximum Gasteiger partial charge on any atom is 0.248 e. The Labute approximate surface area is 143 Å². The largest absolute Gasteiger partial charge is 0.375 e. The SMILES string of the molecule is COCC(=O)N1CCC[C@H](c2cccc(Cc3ccccc3)n2)C1. The number of pyridine rings is 1. The molecule has 1 aromatic heterocycles.